The molecule has 0 fully saturated rings. The first kappa shape index (κ1) is 22.0. The monoisotopic (exact) mass is 526 g/mol. The van der Waals surface area contributed by atoms with Crippen molar-refractivity contribution in [1.29, 1.82) is 0 Å². The summed E-state index contributed by atoms with van der Waals surface area (Å²) in [5, 5.41) is 4.31. The molecule has 0 unspecified atom stereocenters. The van der Waals surface area contributed by atoms with Gasteiger partial charge in [0, 0.05) is 10.0 Å². The van der Waals surface area contributed by atoms with Gasteiger partial charge in [0.15, 0.2) is 6.61 Å². The van der Waals surface area contributed by atoms with E-state index in [0.29, 0.717) is 11.5 Å². The lowest BCUT2D eigenvalue weighted by molar-refractivity contribution is -0.123. The molecule has 0 saturated carbocycles. The molecule has 0 bridgehead atoms. The van der Waals surface area contributed by atoms with Crippen molar-refractivity contribution in [1.82, 2.24) is 5.43 Å². The number of hydrazone groups is 1. The van der Waals surface area contributed by atoms with Crippen LogP contribution in [0, 0.1) is 6.92 Å². The first-order valence-corrected chi connectivity index (χ1v) is 10.8. The van der Waals surface area contributed by atoms with Crippen LogP contribution in [0.1, 0.15) is 16.7 Å². The summed E-state index contributed by atoms with van der Waals surface area (Å²) in [5.74, 6) is 0.287. The number of aryl methyl sites for hydroxylation is 1. The molecule has 0 aliphatic heterocycles. The summed E-state index contributed by atoms with van der Waals surface area (Å²) in [4.78, 5) is 12.3. The second-order valence-electron chi connectivity index (χ2n) is 6.46. The number of benzene rings is 3. The van der Waals surface area contributed by atoms with Gasteiger partial charge in [0.05, 0.1) is 10.2 Å². The molecule has 3 aromatic carbocycles. The van der Waals surface area contributed by atoms with Crippen LogP contribution in [0.2, 0.25) is 0 Å². The summed E-state index contributed by atoms with van der Waals surface area (Å²) < 4.78 is 7.40. The number of carbonyl (C=O) groups is 1. The lowest BCUT2D eigenvalue weighted by Gasteiger charge is -2.11. The van der Waals surface area contributed by atoms with Gasteiger partial charge in [-0.3, -0.25) is 4.79 Å². The molecule has 0 atom stereocenters. The van der Waals surface area contributed by atoms with E-state index < -0.39 is 0 Å². The molecule has 0 radical (unpaired) electrons. The van der Waals surface area contributed by atoms with E-state index in [2.05, 4.69) is 42.4 Å². The SMILES string of the molecule is Cc1cc(Br)cc(Br)c1OCC(=O)N/N=C(/C=C/c1ccccc1)c1ccccc1. The van der Waals surface area contributed by atoms with Gasteiger partial charge >= 0.3 is 0 Å². The molecule has 1 N–H and O–H groups in total. The summed E-state index contributed by atoms with van der Waals surface area (Å²) >= 11 is 6.89. The van der Waals surface area contributed by atoms with Crippen LogP contribution < -0.4 is 10.2 Å². The van der Waals surface area contributed by atoms with E-state index in [1.54, 1.807) is 0 Å². The van der Waals surface area contributed by atoms with E-state index in [1.165, 1.54) is 0 Å². The maximum absolute atomic E-state index is 12.3. The molecule has 4 nitrogen and oxygen atoms in total. The molecule has 0 aliphatic carbocycles. The van der Waals surface area contributed by atoms with Crippen molar-refractivity contribution in [2.75, 3.05) is 6.61 Å². The average Bonchev–Trinajstić information content (AvgIpc) is 2.74. The quantitative estimate of drug-likeness (QED) is 0.296. The molecular formula is C24H20Br2N2O2. The highest BCUT2D eigenvalue weighted by Crippen LogP contribution is 2.32. The Morgan fingerprint density at radius 2 is 1.70 bits per heavy atom. The molecule has 1 amide bonds. The van der Waals surface area contributed by atoms with Crippen molar-refractivity contribution < 1.29 is 9.53 Å². The number of hydrogen-bond donors (Lipinski definition) is 1. The van der Waals surface area contributed by atoms with Crippen LogP contribution in [0.15, 0.2) is 92.9 Å². The lowest BCUT2D eigenvalue weighted by atomic mass is 10.1. The molecule has 0 saturated heterocycles. The Labute approximate surface area is 192 Å². The zero-order valence-corrected chi connectivity index (χ0v) is 19.5. The molecule has 0 aliphatic rings. The molecule has 30 heavy (non-hydrogen) atoms. The van der Waals surface area contributed by atoms with E-state index in [1.807, 2.05) is 91.9 Å². The Kier molecular flexibility index (Phi) is 7.99. The molecule has 152 valence electrons. The average molecular weight is 528 g/mol. The first-order valence-electron chi connectivity index (χ1n) is 9.26. The second kappa shape index (κ2) is 10.9. The number of amides is 1. The third-order valence-electron chi connectivity index (χ3n) is 4.15. The summed E-state index contributed by atoms with van der Waals surface area (Å²) in [6.07, 6.45) is 3.83. The van der Waals surface area contributed by atoms with Gasteiger partial charge in [-0.1, -0.05) is 82.7 Å². The molecule has 3 rings (SSSR count). The van der Waals surface area contributed by atoms with Crippen LogP contribution in [0.3, 0.4) is 0 Å². The minimum Gasteiger partial charge on any atom is -0.482 e. The Hall–Kier alpha value is -2.70. The predicted molar refractivity (Wildman–Crippen MR) is 129 cm³/mol. The molecule has 0 heterocycles. The fourth-order valence-electron chi connectivity index (χ4n) is 2.71. The van der Waals surface area contributed by atoms with Gasteiger partial charge in [0.1, 0.15) is 5.75 Å². The Balaban J connectivity index is 1.71. The van der Waals surface area contributed by atoms with Gasteiger partial charge in [0.25, 0.3) is 5.91 Å². The molecule has 3 aromatic rings. The maximum Gasteiger partial charge on any atom is 0.277 e. The fourth-order valence-corrected chi connectivity index (χ4v) is 4.26. The van der Waals surface area contributed by atoms with Crippen molar-refractivity contribution in [2.24, 2.45) is 5.10 Å². The number of nitrogens with zero attached hydrogens (tertiary/aromatic N) is 1. The smallest absolute Gasteiger partial charge is 0.277 e. The maximum atomic E-state index is 12.3. The minimum absolute atomic E-state index is 0.144. The van der Waals surface area contributed by atoms with Gasteiger partial charge in [-0.15, -0.1) is 0 Å². The Morgan fingerprint density at radius 1 is 1.03 bits per heavy atom. The highest BCUT2D eigenvalue weighted by molar-refractivity contribution is 9.11. The number of allylic oxidation sites excluding steroid dienone is 1. The van der Waals surface area contributed by atoms with E-state index in [9.17, 15) is 4.79 Å². The van der Waals surface area contributed by atoms with Crippen molar-refractivity contribution in [2.45, 2.75) is 6.92 Å². The van der Waals surface area contributed by atoms with Crippen molar-refractivity contribution in [3.05, 3.63) is 105 Å². The van der Waals surface area contributed by atoms with Gasteiger partial charge in [-0.2, -0.15) is 5.10 Å². The van der Waals surface area contributed by atoms with Crippen LogP contribution in [0.25, 0.3) is 6.08 Å². The molecular weight excluding hydrogens is 508 g/mol. The fraction of sp³-hybridized carbons (Fsp3) is 0.0833. The van der Waals surface area contributed by atoms with E-state index in [4.69, 9.17) is 4.74 Å². The standard InChI is InChI=1S/C24H20Br2N2O2/c1-17-14-20(25)15-21(26)24(17)30-16-23(29)28-27-22(19-10-6-3-7-11-19)13-12-18-8-4-2-5-9-18/h2-15H,16H2,1H3,(H,28,29)/b13-12+,27-22-. The Bertz CT molecular complexity index is 1040. The Morgan fingerprint density at radius 3 is 2.37 bits per heavy atom. The van der Waals surface area contributed by atoms with E-state index in [0.717, 1.165) is 25.6 Å². The third kappa shape index (κ3) is 6.40. The topological polar surface area (TPSA) is 50.7 Å². The van der Waals surface area contributed by atoms with Gasteiger partial charge in [0.2, 0.25) is 0 Å². The summed E-state index contributed by atoms with van der Waals surface area (Å²) in [5.41, 5.74) is 6.10. The van der Waals surface area contributed by atoms with Gasteiger partial charge in [-0.25, -0.2) is 5.43 Å². The number of ether oxygens (including phenoxy) is 1. The molecule has 0 spiro atoms. The number of hydrogen-bond acceptors (Lipinski definition) is 3. The van der Waals surface area contributed by atoms with E-state index in [-0.39, 0.29) is 12.5 Å². The minimum atomic E-state index is -0.342. The highest BCUT2D eigenvalue weighted by Gasteiger charge is 2.10. The van der Waals surface area contributed by atoms with Crippen LogP contribution in [-0.2, 0) is 4.79 Å². The van der Waals surface area contributed by atoms with Crippen LogP contribution in [-0.4, -0.2) is 18.2 Å². The summed E-state index contributed by atoms with van der Waals surface area (Å²) in [7, 11) is 0. The molecule has 6 heteroatoms. The zero-order chi connectivity index (χ0) is 21.3. The van der Waals surface area contributed by atoms with Crippen LogP contribution in [0.4, 0.5) is 0 Å². The second-order valence-corrected chi connectivity index (χ2v) is 8.23. The van der Waals surface area contributed by atoms with Crippen LogP contribution >= 0.6 is 31.9 Å². The number of nitrogens with one attached hydrogen (secondary N) is 1. The largest absolute Gasteiger partial charge is 0.482 e. The van der Waals surface area contributed by atoms with Crippen molar-refractivity contribution >= 4 is 49.6 Å². The van der Waals surface area contributed by atoms with Gasteiger partial charge in [-0.05, 0) is 52.2 Å². The number of rotatable bonds is 7. The third-order valence-corrected chi connectivity index (χ3v) is 5.19. The summed E-state index contributed by atoms with van der Waals surface area (Å²) in [6.45, 7) is 1.78. The highest BCUT2D eigenvalue weighted by atomic mass is 79.9. The zero-order valence-electron chi connectivity index (χ0n) is 16.3. The number of halogens is 2. The first-order chi connectivity index (χ1) is 14.5. The van der Waals surface area contributed by atoms with Gasteiger partial charge < -0.3 is 4.74 Å². The summed E-state index contributed by atoms with van der Waals surface area (Å²) in [6, 6.07) is 23.4. The van der Waals surface area contributed by atoms with E-state index >= 15 is 0 Å². The van der Waals surface area contributed by atoms with Crippen molar-refractivity contribution in [3.63, 3.8) is 0 Å². The predicted octanol–water partition coefficient (Wildman–Crippen LogP) is 6.13. The molecule has 0 aromatic heterocycles. The van der Waals surface area contributed by atoms with Crippen molar-refractivity contribution in [3.8, 4) is 5.75 Å². The number of carbonyl (C=O) groups excluding carboxylic acids is 1. The normalized spacial score (nSPS) is 11.5. The van der Waals surface area contributed by atoms with Crippen LogP contribution in [0.5, 0.6) is 5.75 Å². The lowest BCUT2D eigenvalue weighted by Crippen LogP contribution is -2.26.